The highest BCUT2D eigenvalue weighted by Gasteiger charge is 2.13. The van der Waals surface area contributed by atoms with Gasteiger partial charge in [-0.1, -0.05) is 48.5 Å². The summed E-state index contributed by atoms with van der Waals surface area (Å²) < 4.78 is 23.3. The predicted octanol–water partition coefficient (Wildman–Crippen LogP) is 3.57. The molecule has 3 aromatic rings. The molecule has 0 fully saturated rings. The smallest absolute Gasteiger partial charge is 0.255 e. The van der Waals surface area contributed by atoms with Crippen LogP contribution in [0.2, 0.25) is 0 Å². The number of ketones is 1. The minimum absolute atomic E-state index is 0.0724. The number of nitrogens with one attached hydrogen (secondary N) is 1. The molecule has 0 aromatic heterocycles. The summed E-state index contributed by atoms with van der Waals surface area (Å²) in [6.07, 6.45) is 1.09. The van der Waals surface area contributed by atoms with Gasteiger partial charge >= 0.3 is 0 Å². The van der Waals surface area contributed by atoms with E-state index in [0.29, 0.717) is 16.8 Å². The van der Waals surface area contributed by atoms with E-state index in [4.69, 9.17) is 0 Å². The molecule has 1 N–H and O–H groups in total. The fourth-order valence-electron chi connectivity index (χ4n) is 2.57. The Bertz CT molecular complexity index is 1110. The third kappa shape index (κ3) is 4.48. The van der Waals surface area contributed by atoms with Crippen molar-refractivity contribution in [1.82, 2.24) is 0 Å². The van der Waals surface area contributed by atoms with Crippen molar-refractivity contribution in [3.8, 4) is 0 Å². The maximum atomic E-state index is 12.5. The number of carbonyl (C=O) groups excluding carboxylic acids is 2. The van der Waals surface area contributed by atoms with Crippen LogP contribution in [0.3, 0.4) is 0 Å². The zero-order valence-electron chi connectivity index (χ0n) is 14.5. The molecule has 1 amide bonds. The summed E-state index contributed by atoms with van der Waals surface area (Å²) in [5, 5.41) is 2.70. The summed E-state index contributed by atoms with van der Waals surface area (Å²) >= 11 is 0. The zero-order chi connectivity index (χ0) is 19.4. The summed E-state index contributed by atoms with van der Waals surface area (Å²) in [6.45, 7) is 0. The molecular formula is C21H17NO4S. The standard InChI is InChI=1S/C21H17NO4S/c1-27(25,26)19-12-6-10-17(14-19)21(24)22-18-11-5-9-16(13-18)20(23)15-7-3-2-4-8-15/h2-14H,1H3,(H,22,24). The van der Waals surface area contributed by atoms with E-state index in [1.807, 2.05) is 6.07 Å². The lowest BCUT2D eigenvalue weighted by molar-refractivity contribution is 0.102. The second-order valence-corrected chi connectivity index (χ2v) is 8.05. The fourth-order valence-corrected chi connectivity index (χ4v) is 3.23. The highest BCUT2D eigenvalue weighted by atomic mass is 32.2. The van der Waals surface area contributed by atoms with Gasteiger partial charge in [0.2, 0.25) is 0 Å². The summed E-state index contributed by atoms with van der Waals surface area (Å²) in [7, 11) is -3.40. The van der Waals surface area contributed by atoms with Gasteiger partial charge in [-0.15, -0.1) is 0 Å². The Morgan fingerprint density at radius 3 is 2.07 bits per heavy atom. The first-order chi connectivity index (χ1) is 12.8. The van der Waals surface area contributed by atoms with Gasteiger partial charge in [0, 0.05) is 28.6 Å². The number of hydrogen-bond donors (Lipinski definition) is 1. The van der Waals surface area contributed by atoms with Crippen molar-refractivity contribution in [2.75, 3.05) is 11.6 Å². The lowest BCUT2D eigenvalue weighted by Crippen LogP contribution is -2.13. The molecule has 0 spiro atoms. The van der Waals surface area contributed by atoms with Crippen molar-refractivity contribution in [3.05, 3.63) is 95.6 Å². The van der Waals surface area contributed by atoms with Crippen LogP contribution in [-0.2, 0) is 9.84 Å². The van der Waals surface area contributed by atoms with Gasteiger partial charge in [-0.2, -0.15) is 0 Å². The number of carbonyl (C=O) groups is 2. The number of rotatable bonds is 5. The van der Waals surface area contributed by atoms with Gasteiger partial charge in [0.15, 0.2) is 15.6 Å². The number of sulfone groups is 1. The van der Waals surface area contributed by atoms with E-state index in [9.17, 15) is 18.0 Å². The van der Waals surface area contributed by atoms with Gasteiger partial charge in [-0.25, -0.2) is 8.42 Å². The normalized spacial score (nSPS) is 11.0. The predicted molar refractivity (Wildman–Crippen MR) is 104 cm³/mol. The van der Waals surface area contributed by atoms with E-state index in [2.05, 4.69) is 5.32 Å². The van der Waals surface area contributed by atoms with Crippen LogP contribution in [0, 0.1) is 0 Å². The van der Waals surface area contributed by atoms with Crippen LogP contribution in [0.5, 0.6) is 0 Å². The monoisotopic (exact) mass is 379 g/mol. The Kier molecular flexibility index (Phi) is 5.19. The van der Waals surface area contributed by atoms with Crippen molar-refractivity contribution in [3.63, 3.8) is 0 Å². The Balaban J connectivity index is 1.83. The molecule has 0 aliphatic carbocycles. The first kappa shape index (κ1) is 18.5. The minimum atomic E-state index is -3.40. The number of amides is 1. The molecule has 5 nitrogen and oxygen atoms in total. The van der Waals surface area contributed by atoms with Gasteiger partial charge < -0.3 is 5.32 Å². The molecule has 0 aliphatic rings. The lowest BCUT2D eigenvalue weighted by atomic mass is 10.0. The van der Waals surface area contributed by atoms with Crippen LogP contribution in [-0.4, -0.2) is 26.4 Å². The average Bonchev–Trinajstić information content (AvgIpc) is 2.68. The maximum absolute atomic E-state index is 12.5. The third-order valence-corrected chi connectivity index (χ3v) is 5.05. The summed E-state index contributed by atoms with van der Waals surface area (Å²) in [4.78, 5) is 25.1. The van der Waals surface area contributed by atoms with Crippen LogP contribution in [0.4, 0.5) is 5.69 Å². The SMILES string of the molecule is CS(=O)(=O)c1cccc(C(=O)Nc2cccc(C(=O)c3ccccc3)c2)c1. The number of hydrogen-bond acceptors (Lipinski definition) is 4. The largest absolute Gasteiger partial charge is 0.322 e. The molecule has 3 rings (SSSR count). The molecule has 3 aromatic carbocycles. The third-order valence-electron chi connectivity index (χ3n) is 3.94. The summed E-state index contributed by atoms with van der Waals surface area (Å²) in [6, 6.07) is 21.3. The van der Waals surface area contributed by atoms with Gasteiger partial charge in [0.1, 0.15) is 0 Å². The van der Waals surface area contributed by atoms with Gasteiger partial charge in [0.25, 0.3) is 5.91 Å². The summed E-state index contributed by atoms with van der Waals surface area (Å²) in [5.74, 6) is -0.601. The van der Waals surface area contributed by atoms with Crippen molar-refractivity contribution in [2.24, 2.45) is 0 Å². The quantitative estimate of drug-likeness (QED) is 0.687. The Labute approximate surface area is 157 Å². The van der Waals surface area contributed by atoms with Crippen LogP contribution in [0.25, 0.3) is 0 Å². The van der Waals surface area contributed by atoms with Crippen molar-refractivity contribution in [2.45, 2.75) is 4.90 Å². The Hall–Kier alpha value is -3.25. The maximum Gasteiger partial charge on any atom is 0.255 e. The molecule has 0 radical (unpaired) electrons. The lowest BCUT2D eigenvalue weighted by Gasteiger charge is -2.08. The zero-order valence-corrected chi connectivity index (χ0v) is 15.4. The molecule has 0 saturated heterocycles. The molecule has 0 bridgehead atoms. The van der Waals surface area contributed by atoms with Crippen LogP contribution in [0.1, 0.15) is 26.3 Å². The molecular weight excluding hydrogens is 362 g/mol. The van der Waals surface area contributed by atoms with Crippen LogP contribution < -0.4 is 5.32 Å². The molecule has 0 saturated carbocycles. The van der Waals surface area contributed by atoms with E-state index in [0.717, 1.165) is 6.26 Å². The molecule has 0 atom stereocenters. The second kappa shape index (κ2) is 7.55. The van der Waals surface area contributed by atoms with E-state index in [1.165, 1.54) is 24.3 Å². The molecule has 0 aliphatic heterocycles. The van der Waals surface area contributed by atoms with Gasteiger partial charge in [-0.05, 0) is 30.3 Å². The minimum Gasteiger partial charge on any atom is -0.322 e. The summed E-state index contributed by atoms with van der Waals surface area (Å²) in [5.41, 5.74) is 1.68. The van der Waals surface area contributed by atoms with Gasteiger partial charge in [0.05, 0.1) is 4.90 Å². The molecule has 0 heterocycles. The van der Waals surface area contributed by atoms with Crippen LogP contribution in [0.15, 0.2) is 83.8 Å². The van der Waals surface area contributed by atoms with Crippen LogP contribution >= 0.6 is 0 Å². The van der Waals surface area contributed by atoms with E-state index in [1.54, 1.807) is 48.5 Å². The van der Waals surface area contributed by atoms with E-state index >= 15 is 0 Å². The topological polar surface area (TPSA) is 80.3 Å². The fraction of sp³-hybridized carbons (Fsp3) is 0.0476. The van der Waals surface area contributed by atoms with Crippen molar-refractivity contribution < 1.29 is 18.0 Å². The second-order valence-electron chi connectivity index (χ2n) is 6.03. The first-order valence-corrected chi connectivity index (χ1v) is 10.0. The van der Waals surface area contributed by atoms with Gasteiger partial charge in [-0.3, -0.25) is 9.59 Å². The van der Waals surface area contributed by atoms with Crippen molar-refractivity contribution >= 4 is 27.2 Å². The molecule has 0 unspecified atom stereocenters. The molecule has 6 heteroatoms. The first-order valence-electron chi connectivity index (χ1n) is 8.16. The van der Waals surface area contributed by atoms with Crippen molar-refractivity contribution in [1.29, 1.82) is 0 Å². The molecule has 136 valence electrons. The van der Waals surface area contributed by atoms with E-state index < -0.39 is 15.7 Å². The number of benzene rings is 3. The highest BCUT2D eigenvalue weighted by Crippen LogP contribution is 2.17. The highest BCUT2D eigenvalue weighted by molar-refractivity contribution is 7.90. The number of anilines is 1. The average molecular weight is 379 g/mol. The van der Waals surface area contributed by atoms with E-state index in [-0.39, 0.29) is 16.2 Å². The Morgan fingerprint density at radius 1 is 0.741 bits per heavy atom. The Morgan fingerprint density at radius 2 is 1.37 bits per heavy atom. The molecule has 27 heavy (non-hydrogen) atoms.